The number of anilines is 1. The average molecular weight is 390 g/mol. The van der Waals surface area contributed by atoms with E-state index in [1.54, 1.807) is 24.4 Å². The topological polar surface area (TPSA) is 80.3 Å². The minimum atomic E-state index is -0.602. The third kappa shape index (κ3) is 3.35. The van der Waals surface area contributed by atoms with Crippen molar-refractivity contribution in [3.05, 3.63) is 53.4 Å². The number of halogens is 2. The summed E-state index contributed by atoms with van der Waals surface area (Å²) in [6.45, 7) is -0.226. The van der Waals surface area contributed by atoms with Crippen molar-refractivity contribution in [3.63, 3.8) is 0 Å². The Morgan fingerprint density at radius 3 is 2.67 bits per heavy atom. The molecule has 0 saturated heterocycles. The molecule has 6 nitrogen and oxygen atoms in total. The number of pyridine rings is 1. The number of benzene rings is 1. The van der Waals surface area contributed by atoms with Crippen molar-refractivity contribution in [2.24, 2.45) is 5.41 Å². The van der Waals surface area contributed by atoms with Crippen molar-refractivity contribution in [2.75, 3.05) is 11.9 Å². The van der Waals surface area contributed by atoms with Gasteiger partial charge in [-0.05, 0) is 43.5 Å². The van der Waals surface area contributed by atoms with E-state index in [-0.39, 0.29) is 34.7 Å². The molecule has 1 aromatic heterocycles. The first-order valence-electron chi connectivity index (χ1n) is 8.51. The molecular formula is C19H17ClFN3O3. The van der Waals surface area contributed by atoms with Crippen LogP contribution in [0, 0.1) is 11.2 Å². The third-order valence-electron chi connectivity index (χ3n) is 5.08. The predicted octanol–water partition coefficient (Wildman–Crippen LogP) is 2.93. The molecule has 2 N–H and O–H groups in total. The lowest BCUT2D eigenvalue weighted by atomic mass is 9.39. The van der Waals surface area contributed by atoms with E-state index in [9.17, 15) is 14.0 Å². The van der Waals surface area contributed by atoms with Crippen LogP contribution in [-0.4, -0.2) is 28.9 Å². The summed E-state index contributed by atoms with van der Waals surface area (Å²) in [5.74, 6) is -0.214. The SMILES string of the molecule is O=C(COc1ccc(Cl)c(F)c1)NC12CC(C(=O)Nc3ccccn3)(C1)C2. The van der Waals surface area contributed by atoms with E-state index < -0.39 is 11.2 Å². The Labute approximate surface area is 160 Å². The van der Waals surface area contributed by atoms with Crippen LogP contribution >= 0.6 is 11.6 Å². The molecule has 0 radical (unpaired) electrons. The number of aromatic nitrogens is 1. The van der Waals surface area contributed by atoms with Gasteiger partial charge in [0.2, 0.25) is 5.91 Å². The highest BCUT2D eigenvalue weighted by Crippen LogP contribution is 2.67. The van der Waals surface area contributed by atoms with Crippen LogP contribution in [0.1, 0.15) is 19.3 Å². The number of hydrogen-bond acceptors (Lipinski definition) is 4. The third-order valence-corrected chi connectivity index (χ3v) is 5.39. The number of carbonyl (C=O) groups is 2. The molecule has 0 unspecified atom stereocenters. The lowest BCUT2D eigenvalue weighted by Gasteiger charge is -2.69. The van der Waals surface area contributed by atoms with Gasteiger partial charge in [0.05, 0.1) is 10.4 Å². The number of amides is 2. The molecule has 27 heavy (non-hydrogen) atoms. The molecule has 0 atom stereocenters. The Balaban J connectivity index is 1.25. The summed E-state index contributed by atoms with van der Waals surface area (Å²) in [6, 6.07) is 9.32. The second kappa shape index (κ2) is 6.49. The summed E-state index contributed by atoms with van der Waals surface area (Å²) in [5, 5.41) is 5.73. The summed E-state index contributed by atoms with van der Waals surface area (Å²) < 4.78 is 18.7. The molecule has 8 heteroatoms. The molecular weight excluding hydrogens is 373 g/mol. The summed E-state index contributed by atoms with van der Waals surface area (Å²) >= 11 is 5.61. The van der Waals surface area contributed by atoms with Gasteiger partial charge in [0, 0.05) is 17.8 Å². The first-order valence-corrected chi connectivity index (χ1v) is 8.89. The molecule has 3 fully saturated rings. The monoisotopic (exact) mass is 389 g/mol. The maximum Gasteiger partial charge on any atom is 0.258 e. The van der Waals surface area contributed by atoms with Crippen LogP contribution in [0.25, 0.3) is 0 Å². The Morgan fingerprint density at radius 2 is 2.00 bits per heavy atom. The van der Waals surface area contributed by atoms with Crippen molar-refractivity contribution >= 4 is 29.2 Å². The number of hydrogen-bond donors (Lipinski definition) is 2. The normalized spacial score (nSPS) is 25.0. The van der Waals surface area contributed by atoms with Gasteiger partial charge in [-0.1, -0.05) is 17.7 Å². The van der Waals surface area contributed by atoms with E-state index in [0.29, 0.717) is 25.1 Å². The Kier molecular flexibility index (Phi) is 4.26. The van der Waals surface area contributed by atoms with Crippen molar-refractivity contribution in [1.29, 1.82) is 0 Å². The van der Waals surface area contributed by atoms with Gasteiger partial charge < -0.3 is 15.4 Å². The van der Waals surface area contributed by atoms with Gasteiger partial charge in [0.25, 0.3) is 5.91 Å². The average Bonchev–Trinajstić information content (AvgIpc) is 2.58. The lowest BCUT2D eigenvalue weighted by Crippen LogP contribution is -2.78. The van der Waals surface area contributed by atoms with Gasteiger partial charge in [-0.3, -0.25) is 9.59 Å². The second-order valence-corrected chi connectivity index (χ2v) is 7.58. The standard InChI is InChI=1S/C19H17ClFN3O3/c20-13-5-4-12(7-14(13)21)27-8-16(25)24-19-9-18(10-19,11-19)17(26)23-15-3-1-2-6-22-15/h1-7H,8-11H2,(H,24,25)(H,22,23,26). The predicted molar refractivity (Wildman–Crippen MR) is 96.9 cm³/mol. The van der Waals surface area contributed by atoms with E-state index in [4.69, 9.17) is 16.3 Å². The summed E-state index contributed by atoms with van der Waals surface area (Å²) in [6.07, 6.45) is 3.41. The molecule has 140 valence electrons. The fourth-order valence-electron chi connectivity index (χ4n) is 3.89. The van der Waals surface area contributed by atoms with Crippen molar-refractivity contribution in [1.82, 2.24) is 10.3 Å². The van der Waals surface area contributed by atoms with Gasteiger partial charge in [0.1, 0.15) is 17.4 Å². The molecule has 2 amide bonds. The molecule has 1 aromatic carbocycles. The lowest BCUT2D eigenvalue weighted by molar-refractivity contribution is -0.179. The van der Waals surface area contributed by atoms with Crippen molar-refractivity contribution in [3.8, 4) is 5.75 Å². The number of carbonyl (C=O) groups excluding carboxylic acids is 2. The van der Waals surface area contributed by atoms with Crippen LogP contribution in [0.4, 0.5) is 10.2 Å². The molecule has 0 aliphatic heterocycles. The molecule has 1 heterocycles. The molecule has 3 aliphatic rings. The van der Waals surface area contributed by atoms with Gasteiger partial charge in [0.15, 0.2) is 6.61 Å². The Morgan fingerprint density at radius 1 is 1.22 bits per heavy atom. The minimum absolute atomic E-state index is 0.00468. The number of nitrogens with one attached hydrogen (secondary N) is 2. The molecule has 2 bridgehead atoms. The zero-order chi connectivity index (χ0) is 19.1. The highest BCUT2D eigenvalue weighted by molar-refractivity contribution is 6.30. The van der Waals surface area contributed by atoms with Gasteiger partial charge >= 0.3 is 0 Å². The van der Waals surface area contributed by atoms with Crippen molar-refractivity contribution in [2.45, 2.75) is 24.8 Å². The van der Waals surface area contributed by atoms with Crippen molar-refractivity contribution < 1.29 is 18.7 Å². The first-order chi connectivity index (χ1) is 12.9. The number of nitrogens with zero attached hydrogens (tertiary/aromatic N) is 1. The molecule has 3 saturated carbocycles. The number of rotatable bonds is 6. The fraction of sp³-hybridized carbons (Fsp3) is 0.316. The van der Waals surface area contributed by atoms with Crippen LogP contribution in [-0.2, 0) is 9.59 Å². The highest BCUT2D eigenvalue weighted by atomic mass is 35.5. The summed E-state index contributed by atoms with van der Waals surface area (Å²) in [7, 11) is 0. The van der Waals surface area contributed by atoms with Gasteiger partial charge in [-0.15, -0.1) is 0 Å². The number of ether oxygens (including phenoxy) is 1. The zero-order valence-corrected chi connectivity index (χ0v) is 15.1. The van der Waals surface area contributed by atoms with E-state index in [2.05, 4.69) is 15.6 Å². The zero-order valence-electron chi connectivity index (χ0n) is 14.3. The molecule has 5 rings (SSSR count). The maximum absolute atomic E-state index is 13.4. The molecule has 2 aromatic rings. The van der Waals surface area contributed by atoms with E-state index in [0.717, 1.165) is 6.07 Å². The quantitative estimate of drug-likeness (QED) is 0.796. The van der Waals surface area contributed by atoms with Crippen LogP contribution in [0.5, 0.6) is 5.75 Å². The Hall–Kier alpha value is -2.67. The highest BCUT2D eigenvalue weighted by Gasteiger charge is 2.72. The minimum Gasteiger partial charge on any atom is -0.484 e. The summed E-state index contributed by atoms with van der Waals surface area (Å²) in [4.78, 5) is 28.6. The van der Waals surface area contributed by atoms with Gasteiger partial charge in [-0.2, -0.15) is 0 Å². The summed E-state index contributed by atoms with van der Waals surface area (Å²) in [5.41, 5.74) is -0.766. The maximum atomic E-state index is 13.4. The molecule has 3 aliphatic carbocycles. The first kappa shape index (κ1) is 17.7. The fourth-order valence-corrected chi connectivity index (χ4v) is 4.01. The van der Waals surface area contributed by atoms with Crippen LogP contribution in [0.2, 0.25) is 5.02 Å². The Bertz CT molecular complexity index is 887. The van der Waals surface area contributed by atoms with Gasteiger partial charge in [-0.25, -0.2) is 9.37 Å². The van der Waals surface area contributed by atoms with Crippen LogP contribution in [0.15, 0.2) is 42.6 Å². The molecule has 0 spiro atoms. The van der Waals surface area contributed by atoms with Crippen LogP contribution < -0.4 is 15.4 Å². The largest absolute Gasteiger partial charge is 0.484 e. The second-order valence-electron chi connectivity index (χ2n) is 7.17. The van der Waals surface area contributed by atoms with E-state index in [1.165, 1.54) is 12.1 Å². The van der Waals surface area contributed by atoms with E-state index >= 15 is 0 Å². The smallest absolute Gasteiger partial charge is 0.258 e. The van der Waals surface area contributed by atoms with E-state index in [1.807, 2.05) is 0 Å². The van der Waals surface area contributed by atoms with Crippen LogP contribution in [0.3, 0.4) is 0 Å².